The second kappa shape index (κ2) is 7.92. The summed E-state index contributed by atoms with van der Waals surface area (Å²) in [5.41, 5.74) is 4.46. The van der Waals surface area contributed by atoms with Crippen molar-refractivity contribution in [2.24, 2.45) is 7.05 Å². The quantitative estimate of drug-likeness (QED) is 0.497. The molecule has 4 aromatic rings. The Morgan fingerprint density at radius 2 is 2.00 bits per heavy atom. The molecule has 1 aliphatic heterocycles. The van der Waals surface area contributed by atoms with Crippen LogP contribution in [0.5, 0.6) is 0 Å². The summed E-state index contributed by atoms with van der Waals surface area (Å²) in [5, 5.41) is 4.43. The minimum absolute atomic E-state index is 0.000818. The van der Waals surface area contributed by atoms with Gasteiger partial charge in [0.15, 0.2) is 5.65 Å². The lowest BCUT2D eigenvalue weighted by atomic mass is 10.1. The van der Waals surface area contributed by atoms with Crippen molar-refractivity contribution >= 4 is 43.7 Å². The van der Waals surface area contributed by atoms with Crippen LogP contribution in [0.4, 0.5) is 11.6 Å². The highest BCUT2D eigenvalue weighted by atomic mass is 32.3. The highest BCUT2D eigenvalue weighted by Crippen LogP contribution is 2.46. The Balaban J connectivity index is 1.55. The van der Waals surface area contributed by atoms with Crippen LogP contribution in [-0.4, -0.2) is 48.1 Å². The van der Waals surface area contributed by atoms with Crippen molar-refractivity contribution in [1.29, 1.82) is 0 Å². The lowest BCUT2D eigenvalue weighted by Gasteiger charge is -2.29. The zero-order valence-corrected chi connectivity index (χ0v) is 19.9. The van der Waals surface area contributed by atoms with Gasteiger partial charge in [-0.05, 0) is 74.0 Å². The van der Waals surface area contributed by atoms with E-state index in [1.54, 1.807) is 17.0 Å². The van der Waals surface area contributed by atoms with Crippen molar-refractivity contribution in [2.45, 2.75) is 32.2 Å². The topological polar surface area (TPSA) is 77.6 Å². The van der Waals surface area contributed by atoms with Crippen LogP contribution >= 0.6 is 10.0 Å². The number of nitrogens with zero attached hydrogens (tertiary/aromatic N) is 5. The zero-order valence-electron chi connectivity index (χ0n) is 19.1. The number of anilines is 2. The number of pyridine rings is 1. The Morgan fingerprint density at radius 1 is 1.16 bits per heavy atom. The average Bonchev–Trinajstić information content (AvgIpc) is 2.88. The molecule has 0 spiro atoms. The second-order valence-electron chi connectivity index (χ2n) is 9.36. The van der Waals surface area contributed by atoms with Crippen molar-refractivity contribution in [2.75, 3.05) is 29.3 Å². The maximum Gasteiger partial charge on any atom is 0.330 e. The molecule has 32 heavy (non-hydrogen) atoms. The molecule has 0 bridgehead atoms. The van der Waals surface area contributed by atoms with E-state index in [1.165, 1.54) is 11.5 Å². The number of hydrogen-bond acceptors (Lipinski definition) is 5. The predicted molar refractivity (Wildman–Crippen MR) is 135 cm³/mol. The Hall–Kier alpha value is -2.87. The monoisotopic (exact) mass is 450 g/mol. The minimum Gasteiger partial charge on any atom is -0.324 e. The van der Waals surface area contributed by atoms with Crippen LogP contribution < -0.4 is 11.0 Å². The highest BCUT2D eigenvalue weighted by Gasteiger charge is 2.26. The van der Waals surface area contributed by atoms with Gasteiger partial charge in [-0.1, -0.05) is 6.07 Å². The third kappa shape index (κ3) is 3.77. The van der Waals surface area contributed by atoms with Gasteiger partial charge >= 0.3 is 5.69 Å². The van der Waals surface area contributed by atoms with Gasteiger partial charge in [0.25, 0.3) is 0 Å². The molecule has 8 heteroatoms. The standard InChI is InChI=1S/C24H30N6OS/c1-16-13-20-17(7-5-10-25-20)14-19(16)27-23-26-15-21-22(28-23)30(24(31)29(21)2)18-8-6-11-32(3,4)12-9-18/h5,7,10,13-15,18H,6,8-9,11-12H2,1-4H3,(H,26,27,28). The third-order valence-corrected chi connectivity index (χ3v) is 9.37. The average molecular weight is 451 g/mol. The fourth-order valence-corrected chi connectivity index (χ4v) is 6.74. The number of rotatable bonds is 3. The Morgan fingerprint density at radius 3 is 2.84 bits per heavy atom. The van der Waals surface area contributed by atoms with Crippen LogP contribution in [0.3, 0.4) is 0 Å². The van der Waals surface area contributed by atoms with Crippen LogP contribution in [0.1, 0.15) is 30.9 Å². The molecule has 1 unspecified atom stereocenters. The smallest absolute Gasteiger partial charge is 0.324 e. The molecule has 5 rings (SSSR count). The highest BCUT2D eigenvalue weighted by molar-refractivity contribution is 8.32. The van der Waals surface area contributed by atoms with Crippen LogP contribution in [0.2, 0.25) is 0 Å². The summed E-state index contributed by atoms with van der Waals surface area (Å²) >= 11 is 0. The summed E-state index contributed by atoms with van der Waals surface area (Å²) in [4.78, 5) is 26.9. The van der Waals surface area contributed by atoms with Crippen LogP contribution in [0.15, 0.2) is 41.5 Å². The van der Waals surface area contributed by atoms with Gasteiger partial charge in [-0.2, -0.15) is 4.98 Å². The van der Waals surface area contributed by atoms with Gasteiger partial charge in [-0.3, -0.25) is 14.1 Å². The summed E-state index contributed by atoms with van der Waals surface area (Å²) in [7, 11) is 1.25. The third-order valence-electron chi connectivity index (χ3n) is 6.63. The van der Waals surface area contributed by atoms with Crippen molar-refractivity contribution in [3.63, 3.8) is 0 Å². The van der Waals surface area contributed by atoms with Crippen molar-refractivity contribution < 1.29 is 0 Å². The molecule has 0 aliphatic carbocycles. The molecule has 0 saturated carbocycles. The molecule has 1 saturated heterocycles. The number of fused-ring (bicyclic) bond motifs is 2. The molecule has 1 aromatic carbocycles. The molecule has 7 nitrogen and oxygen atoms in total. The number of aryl methyl sites for hydroxylation is 2. The molecule has 168 valence electrons. The van der Waals surface area contributed by atoms with Crippen molar-refractivity contribution in [1.82, 2.24) is 24.1 Å². The summed E-state index contributed by atoms with van der Waals surface area (Å²) in [6.07, 6.45) is 11.6. The molecule has 4 heterocycles. The van der Waals surface area contributed by atoms with Gasteiger partial charge in [0.2, 0.25) is 5.95 Å². The lowest BCUT2D eigenvalue weighted by Crippen LogP contribution is -2.26. The first-order valence-electron chi connectivity index (χ1n) is 11.1. The van der Waals surface area contributed by atoms with Crippen LogP contribution in [0.25, 0.3) is 22.1 Å². The van der Waals surface area contributed by atoms with Gasteiger partial charge in [-0.15, -0.1) is 0 Å². The summed E-state index contributed by atoms with van der Waals surface area (Å²) in [6, 6.07) is 8.30. The van der Waals surface area contributed by atoms with E-state index in [0.29, 0.717) is 5.95 Å². The normalized spacial score (nSPS) is 19.7. The minimum atomic E-state index is -0.563. The zero-order chi connectivity index (χ0) is 22.5. The fraction of sp³-hybridized carbons (Fsp3) is 0.417. The van der Waals surface area contributed by atoms with Crippen LogP contribution in [-0.2, 0) is 7.05 Å². The summed E-state index contributed by atoms with van der Waals surface area (Å²) in [5.74, 6) is 2.98. The number of imidazole rings is 1. The first-order chi connectivity index (χ1) is 15.3. The van der Waals surface area contributed by atoms with E-state index in [1.807, 2.05) is 30.7 Å². The Kier molecular flexibility index (Phi) is 5.20. The number of aromatic nitrogens is 5. The lowest BCUT2D eigenvalue weighted by molar-refractivity contribution is 0.450. The summed E-state index contributed by atoms with van der Waals surface area (Å²) < 4.78 is 3.59. The maximum absolute atomic E-state index is 13.2. The fourth-order valence-electron chi connectivity index (χ4n) is 4.67. The molecule has 1 aliphatic rings. The molecular formula is C24H30N6OS. The molecule has 1 N–H and O–H groups in total. The second-order valence-corrected chi connectivity index (χ2v) is 13.7. The molecule has 0 amide bonds. The largest absolute Gasteiger partial charge is 0.330 e. The van der Waals surface area contributed by atoms with Gasteiger partial charge in [-0.25, -0.2) is 19.8 Å². The molecular weight excluding hydrogens is 420 g/mol. The molecule has 1 fully saturated rings. The maximum atomic E-state index is 13.2. The first-order valence-corrected chi connectivity index (χ1v) is 13.9. The molecule has 3 aromatic heterocycles. The number of nitrogens with one attached hydrogen (secondary N) is 1. The van der Waals surface area contributed by atoms with E-state index in [9.17, 15) is 4.79 Å². The van der Waals surface area contributed by atoms with E-state index < -0.39 is 10.0 Å². The predicted octanol–water partition coefficient (Wildman–Crippen LogP) is 4.52. The Labute approximate surface area is 189 Å². The Bertz CT molecular complexity index is 1370. The van der Waals surface area contributed by atoms with E-state index in [2.05, 4.69) is 39.9 Å². The van der Waals surface area contributed by atoms with Gasteiger partial charge < -0.3 is 5.32 Å². The molecule has 1 atom stereocenters. The SMILES string of the molecule is Cc1cc2ncccc2cc1Nc1ncc2c(n1)n(C1CCCS(C)(C)CC1)c(=O)n2C. The number of hydrogen-bond donors (Lipinski definition) is 1. The van der Waals surface area contributed by atoms with E-state index in [0.717, 1.165) is 52.6 Å². The van der Waals surface area contributed by atoms with E-state index >= 15 is 0 Å². The van der Waals surface area contributed by atoms with Gasteiger partial charge in [0, 0.05) is 30.4 Å². The van der Waals surface area contributed by atoms with Crippen molar-refractivity contribution in [3.8, 4) is 0 Å². The van der Waals surface area contributed by atoms with Gasteiger partial charge in [0.05, 0.1) is 11.7 Å². The van der Waals surface area contributed by atoms with Gasteiger partial charge in [0.1, 0.15) is 5.52 Å². The first kappa shape index (κ1) is 21.0. The summed E-state index contributed by atoms with van der Waals surface area (Å²) in [6.45, 7) is 2.04. The molecule has 0 radical (unpaired) electrons. The van der Waals surface area contributed by atoms with E-state index in [4.69, 9.17) is 4.98 Å². The van der Waals surface area contributed by atoms with E-state index in [-0.39, 0.29) is 11.7 Å². The van der Waals surface area contributed by atoms with Crippen molar-refractivity contribution in [3.05, 3.63) is 52.7 Å². The number of benzene rings is 1. The van der Waals surface area contributed by atoms with Crippen LogP contribution in [0, 0.1) is 6.92 Å².